The molecule has 0 bridgehead atoms. The first-order valence-electron chi connectivity index (χ1n) is 10.4. The van der Waals surface area contributed by atoms with Gasteiger partial charge in [-0.15, -0.1) is 0 Å². The fourth-order valence-corrected chi connectivity index (χ4v) is 4.15. The van der Waals surface area contributed by atoms with E-state index in [4.69, 9.17) is 0 Å². The van der Waals surface area contributed by atoms with E-state index in [1.807, 2.05) is 0 Å². The number of nitrogens with one attached hydrogen (secondary N) is 1. The lowest BCUT2D eigenvalue weighted by molar-refractivity contribution is -0.143. The Balaban J connectivity index is 1.63. The minimum atomic E-state index is -4.98. The van der Waals surface area contributed by atoms with Crippen LogP contribution in [0.2, 0.25) is 0 Å². The summed E-state index contributed by atoms with van der Waals surface area (Å²) >= 11 is 0. The van der Waals surface area contributed by atoms with E-state index in [2.05, 4.69) is 31.0 Å². The predicted octanol–water partition coefficient (Wildman–Crippen LogP) is 5.74. The highest BCUT2D eigenvalue weighted by atomic mass is 19.4. The van der Waals surface area contributed by atoms with Gasteiger partial charge in [0.05, 0.1) is 11.1 Å². The Labute approximate surface area is 178 Å². The first kappa shape index (κ1) is 23.9. The molecule has 2 fully saturated rings. The number of piperidine rings is 1. The third kappa shape index (κ3) is 5.93. The average molecular weight is 450 g/mol. The molecule has 1 aliphatic heterocycles. The Morgan fingerprint density at radius 2 is 1.52 bits per heavy atom. The normalized spacial score (nSPS) is 21.9. The van der Waals surface area contributed by atoms with Gasteiger partial charge in [0, 0.05) is 11.6 Å². The van der Waals surface area contributed by atoms with E-state index in [1.54, 1.807) is 0 Å². The highest BCUT2D eigenvalue weighted by molar-refractivity contribution is 5.95. The van der Waals surface area contributed by atoms with Crippen molar-refractivity contribution < 1.29 is 31.1 Å². The number of hydrogen-bond donors (Lipinski definition) is 1. The van der Waals surface area contributed by atoms with Crippen LogP contribution in [0.5, 0.6) is 0 Å². The van der Waals surface area contributed by atoms with Gasteiger partial charge in [-0.05, 0) is 74.3 Å². The third-order valence-electron chi connectivity index (χ3n) is 6.37. The van der Waals surface area contributed by atoms with Crippen LogP contribution in [-0.4, -0.2) is 36.5 Å². The van der Waals surface area contributed by atoms with Crippen molar-refractivity contribution in [3.8, 4) is 0 Å². The Kier molecular flexibility index (Phi) is 6.14. The first-order chi connectivity index (χ1) is 14.1. The van der Waals surface area contributed by atoms with Crippen molar-refractivity contribution in [2.75, 3.05) is 19.6 Å². The maximum absolute atomic E-state index is 13.0. The molecular weight excluding hydrogens is 422 g/mol. The van der Waals surface area contributed by atoms with Gasteiger partial charge in [0.25, 0.3) is 5.91 Å². The minimum absolute atomic E-state index is 0.0305. The molecule has 0 radical (unpaired) electrons. The smallest absolute Gasteiger partial charge is 0.349 e. The number of hydrogen-bond acceptors (Lipinski definition) is 2. The van der Waals surface area contributed by atoms with Gasteiger partial charge < -0.3 is 10.2 Å². The molecule has 3 rings (SSSR count). The van der Waals surface area contributed by atoms with Gasteiger partial charge in [-0.1, -0.05) is 20.8 Å². The third-order valence-corrected chi connectivity index (χ3v) is 6.37. The van der Waals surface area contributed by atoms with Gasteiger partial charge in [-0.2, -0.15) is 26.3 Å². The summed E-state index contributed by atoms with van der Waals surface area (Å²) in [5.41, 5.74) is -3.43. The highest BCUT2D eigenvalue weighted by Gasteiger charge is 2.55. The van der Waals surface area contributed by atoms with Gasteiger partial charge in [-0.3, -0.25) is 4.79 Å². The van der Waals surface area contributed by atoms with E-state index < -0.39 is 35.0 Å². The van der Waals surface area contributed by atoms with Gasteiger partial charge >= 0.3 is 12.4 Å². The predicted molar refractivity (Wildman–Crippen MR) is 104 cm³/mol. The van der Waals surface area contributed by atoms with E-state index >= 15 is 0 Å². The number of carbonyl (C=O) groups is 1. The van der Waals surface area contributed by atoms with Gasteiger partial charge in [0.2, 0.25) is 0 Å². The quantitative estimate of drug-likeness (QED) is 0.593. The second-order valence-corrected chi connectivity index (χ2v) is 10.0. The Bertz CT molecular complexity index is 785. The van der Waals surface area contributed by atoms with Crippen molar-refractivity contribution in [3.05, 3.63) is 34.9 Å². The zero-order valence-corrected chi connectivity index (χ0v) is 17.9. The first-order valence-corrected chi connectivity index (χ1v) is 10.4. The summed E-state index contributed by atoms with van der Waals surface area (Å²) in [5.74, 6) is -0.895. The van der Waals surface area contributed by atoms with E-state index in [9.17, 15) is 31.1 Å². The second-order valence-electron chi connectivity index (χ2n) is 10.0. The molecular formula is C22H28F6N2O. The molecule has 1 spiro atoms. The molecule has 1 amide bonds. The lowest BCUT2D eigenvalue weighted by Crippen LogP contribution is -2.39. The van der Waals surface area contributed by atoms with Crippen molar-refractivity contribution in [2.24, 2.45) is 10.8 Å². The minimum Gasteiger partial charge on any atom is -0.349 e. The second kappa shape index (κ2) is 7.98. The molecule has 1 saturated heterocycles. The fraction of sp³-hybridized carbons (Fsp3) is 0.682. The summed E-state index contributed by atoms with van der Waals surface area (Å²) < 4.78 is 78.2. The van der Waals surface area contributed by atoms with Crippen LogP contribution >= 0.6 is 0 Å². The summed E-state index contributed by atoms with van der Waals surface area (Å²) in [4.78, 5) is 14.9. The summed E-state index contributed by atoms with van der Waals surface area (Å²) in [6.07, 6.45) is -6.46. The zero-order chi connectivity index (χ0) is 23.2. The van der Waals surface area contributed by atoms with E-state index in [0.29, 0.717) is 18.6 Å². The van der Waals surface area contributed by atoms with Crippen molar-refractivity contribution in [1.29, 1.82) is 0 Å². The fourth-order valence-electron chi connectivity index (χ4n) is 4.15. The van der Waals surface area contributed by atoms with E-state index in [0.717, 1.165) is 38.9 Å². The van der Waals surface area contributed by atoms with E-state index in [1.165, 1.54) is 0 Å². The van der Waals surface area contributed by atoms with Crippen molar-refractivity contribution in [2.45, 2.75) is 64.8 Å². The number of benzene rings is 1. The topological polar surface area (TPSA) is 32.3 Å². The standard InChI is InChI=1S/C22H28F6N2O/c1-19(2,3)4-7-30-8-5-20(6-9-30)13-17(20)29-18(31)14-10-15(21(23,24)25)12-16(11-14)22(26,27)28/h10-12,17H,4-9,13H2,1-3H3,(H,29,31)/t17-/m0/s1. The Morgan fingerprint density at radius 3 is 1.97 bits per heavy atom. The van der Waals surface area contributed by atoms with Crippen molar-refractivity contribution in [1.82, 2.24) is 10.2 Å². The molecule has 2 aliphatic rings. The number of halogens is 6. The molecule has 9 heteroatoms. The monoisotopic (exact) mass is 450 g/mol. The molecule has 0 aromatic heterocycles. The molecule has 31 heavy (non-hydrogen) atoms. The number of amides is 1. The summed E-state index contributed by atoms with van der Waals surface area (Å²) in [7, 11) is 0. The van der Waals surface area contributed by atoms with Crippen LogP contribution in [0, 0.1) is 10.8 Å². The van der Waals surface area contributed by atoms with E-state index in [-0.39, 0.29) is 22.9 Å². The average Bonchev–Trinajstić information content (AvgIpc) is 3.29. The molecule has 3 nitrogen and oxygen atoms in total. The largest absolute Gasteiger partial charge is 0.416 e. The summed E-state index contributed by atoms with van der Waals surface area (Å²) in [5, 5.41) is 2.67. The molecule has 174 valence electrons. The SMILES string of the molecule is CC(C)(C)CCN1CCC2(CC1)C[C@@H]2NC(=O)c1cc(C(F)(F)F)cc(C(F)(F)F)c1. The maximum atomic E-state index is 13.0. The lowest BCUT2D eigenvalue weighted by atomic mass is 9.89. The lowest BCUT2D eigenvalue weighted by Gasteiger charge is -2.34. The number of rotatable bonds is 4. The van der Waals surface area contributed by atoms with Crippen LogP contribution in [0.1, 0.15) is 67.9 Å². The van der Waals surface area contributed by atoms with Crippen LogP contribution < -0.4 is 5.32 Å². The number of alkyl halides is 6. The molecule has 0 unspecified atom stereocenters. The van der Waals surface area contributed by atoms with Gasteiger partial charge in [0.1, 0.15) is 0 Å². The molecule has 1 atom stereocenters. The number of nitrogens with zero attached hydrogens (tertiary/aromatic N) is 1. The molecule has 1 saturated carbocycles. The Hall–Kier alpha value is -1.77. The van der Waals surface area contributed by atoms with Crippen molar-refractivity contribution >= 4 is 5.91 Å². The maximum Gasteiger partial charge on any atom is 0.416 e. The van der Waals surface area contributed by atoms with Crippen LogP contribution in [0.3, 0.4) is 0 Å². The van der Waals surface area contributed by atoms with Crippen LogP contribution in [0.15, 0.2) is 18.2 Å². The van der Waals surface area contributed by atoms with Gasteiger partial charge in [-0.25, -0.2) is 0 Å². The van der Waals surface area contributed by atoms with Crippen molar-refractivity contribution in [3.63, 3.8) is 0 Å². The molecule has 1 aromatic rings. The molecule has 1 heterocycles. The zero-order valence-electron chi connectivity index (χ0n) is 17.9. The Morgan fingerprint density at radius 1 is 1.00 bits per heavy atom. The van der Waals surface area contributed by atoms with Crippen LogP contribution in [0.25, 0.3) is 0 Å². The molecule has 1 aliphatic carbocycles. The van der Waals surface area contributed by atoms with Crippen LogP contribution in [-0.2, 0) is 12.4 Å². The number of carbonyl (C=O) groups excluding carboxylic acids is 1. The number of likely N-dealkylation sites (tertiary alicyclic amines) is 1. The molecule has 1 N–H and O–H groups in total. The summed E-state index contributed by atoms with van der Waals surface area (Å²) in [6, 6.07) is 0.778. The highest BCUT2D eigenvalue weighted by Crippen LogP contribution is 2.54. The van der Waals surface area contributed by atoms with Gasteiger partial charge in [0.15, 0.2) is 0 Å². The van der Waals surface area contributed by atoms with Crippen LogP contribution in [0.4, 0.5) is 26.3 Å². The summed E-state index contributed by atoms with van der Waals surface area (Å²) in [6.45, 7) is 9.30. The molecule has 1 aromatic carbocycles.